The van der Waals surface area contributed by atoms with Crippen LogP contribution in [0.5, 0.6) is 0 Å². The standard InChI is InChI=1S/C17H22N2O/c1-17(20,13-5-9-15(18-2)10-6-13)14-7-11-16(12-8-14)19(3)4/h5-12,18,20H,1-4H3. The van der Waals surface area contributed by atoms with Gasteiger partial charge in [0.1, 0.15) is 5.60 Å². The molecule has 0 fully saturated rings. The van der Waals surface area contributed by atoms with Crippen LogP contribution < -0.4 is 10.2 Å². The first-order valence-electron chi connectivity index (χ1n) is 6.73. The largest absolute Gasteiger partial charge is 0.388 e. The van der Waals surface area contributed by atoms with Gasteiger partial charge in [0, 0.05) is 32.5 Å². The van der Waals surface area contributed by atoms with Gasteiger partial charge in [0.05, 0.1) is 0 Å². The molecule has 3 heteroatoms. The van der Waals surface area contributed by atoms with E-state index in [2.05, 4.69) is 5.32 Å². The molecule has 2 aromatic rings. The summed E-state index contributed by atoms with van der Waals surface area (Å²) in [6, 6.07) is 15.8. The van der Waals surface area contributed by atoms with E-state index in [1.54, 1.807) is 0 Å². The highest BCUT2D eigenvalue weighted by molar-refractivity contribution is 5.50. The Labute approximate surface area is 120 Å². The van der Waals surface area contributed by atoms with E-state index in [0.29, 0.717) is 0 Å². The van der Waals surface area contributed by atoms with Crippen molar-refractivity contribution in [1.29, 1.82) is 0 Å². The molecule has 0 aliphatic carbocycles. The first-order chi connectivity index (χ1) is 9.45. The molecule has 20 heavy (non-hydrogen) atoms. The highest BCUT2D eigenvalue weighted by atomic mass is 16.3. The van der Waals surface area contributed by atoms with E-state index in [-0.39, 0.29) is 0 Å². The Hall–Kier alpha value is -2.00. The Kier molecular flexibility index (Phi) is 4.00. The fourth-order valence-electron chi connectivity index (χ4n) is 2.21. The summed E-state index contributed by atoms with van der Waals surface area (Å²) in [6.45, 7) is 1.83. The Balaban J connectivity index is 2.32. The summed E-state index contributed by atoms with van der Waals surface area (Å²) in [6.07, 6.45) is 0. The molecule has 0 amide bonds. The summed E-state index contributed by atoms with van der Waals surface area (Å²) in [5.41, 5.74) is 2.94. The smallest absolute Gasteiger partial charge is 0.112 e. The summed E-state index contributed by atoms with van der Waals surface area (Å²) in [5.74, 6) is 0. The van der Waals surface area contributed by atoms with Gasteiger partial charge < -0.3 is 15.3 Å². The molecule has 1 atom stereocenters. The third-order valence-corrected chi connectivity index (χ3v) is 3.68. The number of nitrogens with one attached hydrogen (secondary N) is 1. The molecule has 0 bridgehead atoms. The van der Waals surface area contributed by atoms with Crippen LogP contribution in [-0.4, -0.2) is 26.2 Å². The molecule has 2 N–H and O–H groups in total. The lowest BCUT2D eigenvalue weighted by atomic mass is 9.88. The first kappa shape index (κ1) is 14.4. The van der Waals surface area contributed by atoms with Crippen molar-refractivity contribution in [2.24, 2.45) is 0 Å². The van der Waals surface area contributed by atoms with Crippen LogP contribution in [0.3, 0.4) is 0 Å². The summed E-state index contributed by atoms with van der Waals surface area (Å²) >= 11 is 0. The van der Waals surface area contributed by atoms with Crippen LogP contribution in [0.25, 0.3) is 0 Å². The molecule has 0 spiro atoms. The summed E-state index contributed by atoms with van der Waals surface area (Å²) in [5, 5.41) is 13.9. The fraction of sp³-hybridized carbons (Fsp3) is 0.294. The fourth-order valence-corrected chi connectivity index (χ4v) is 2.21. The van der Waals surface area contributed by atoms with Crippen LogP contribution in [0.1, 0.15) is 18.1 Å². The van der Waals surface area contributed by atoms with Crippen LogP contribution in [-0.2, 0) is 5.60 Å². The van der Waals surface area contributed by atoms with Crippen molar-refractivity contribution in [1.82, 2.24) is 0 Å². The van der Waals surface area contributed by atoms with Crippen molar-refractivity contribution < 1.29 is 5.11 Å². The summed E-state index contributed by atoms with van der Waals surface area (Å²) in [4.78, 5) is 2.04. The van der Waals surface area contributed by atoms with Gasteiger partial charge in [-0.25, -0.2) is 0 Å². The monoisotopic (exact) mass is 270 g/mol. The highest BCUT2D eigenvalue weighted by Crippen LogP contribution is 2.30. The minimum absolute atomic E-state index is 0.883. The molecule has 1 unspecified atom stereocenters. The lowest BCUT2D eigenvalue weighted by Gasteiger charge is -2.25. The second-order valence-electron chi connectivity index (χ2n) is 5.34. The highest BCUT2D eigenvalue weighted by Gasteiger charge is 2.25. The van der Waals surface area contributed by atoms with Crippen LogP contribution in [0, 0.1) is 0 Å². The van der Waals surface area contributed by atoms with Gasteiger partial charge in [-0.1, -0.05) is 24.3 Å². The number of benzene rings is 2. The van der Waals surface area contributed by atoms with Crippen LogP contribution >= 0.6 is 0 Å². The maximum absolute atomic E-state index is 10.8. The Morgan fingerprint density at radius 2 is 1.35 bits per heavy atom. The van der Waals surface area contributed by atoms with Crippen molar-refractivity contribution in [3.05, 3.63) is 59.7 Å². The number of anilines is 2. The second-order valence-corrected chi connectivity index (χ2v) is 5.34. The van der Waals surface area contributed by atoms with Gasteiger partial charge in [-0.05, 0) is 42.3 Å². The van der Waals surface area contributed by atoms with Gasteiger partial charge in [0.25, 0.3) is 0 Å². The van der Waals surface area contributed by atoms with E-state index >= 15 is 0 Å². The zero-order chi connectivity index (χ0) is 14.8. The molecular weight excluding hydrogens is 248 g/mol. The third-order valence-electron chi connectivity index (χ3n) is 3.68. The first-order valence-corrected chi connectivity index (χ1v) is 6.73. The quantitative estimate of drug-likeness (QED) is 0.896. The average Bonchev–Trinajstić information content (AvgIpc) is 2.47. The van der Waals surface area contributed by atoms with Crippen molar-refractivity contribution >= 4 is 11.4 Å². The lowest BCUT2D eigenvalue weighted by molar-refractivity contribution is 0.102. The molecule has 0 aliphatic heterocycles. The lowest BCUT2D eigenvalue weighted by Crippen LogP contribution is -2.22. The maximum atomic E-state index is 10.8. The molecular formula is C17H22N2O. The normalized spacial score (nSPS) is 13.7. The molecule has 0 aliphatic rings. The van der Waals surface area contributed by atoms with Crippen molar-refractivity contribution in [2.75, 3.05) is 31.4 Å². The zero-order valence-electron chi connectivity index (χ0n) is 12.5. The minimum atomic E-state index is -0.989. The third kappa shape index (κ3) is 2.78. The van der Waals surface area contributed by atoms with Crippen LogP contribution in [0.2, 0.25) is 0 Å². The molecule has 106 valence electrons. The number of aliphatic hydroxyl groups is 1. The van der Waals surface area contributed by atoms with E-state index in [4.69, 9.17) is 0 Å². The molecule has 2 aromatic carbocycles. The number of rotatable bonds is 4. The Morgan fingerprint density at radius 3 is 1.75 bits per heavy atom. The number of nitrogens with zero attached hydrogens (tertiary/aromatic N) is 1. The predicted molar refractivity (Wildman–Crippen MR) is 85.4 cm³/mol. The number of hydrogen-bond donors (Lipinski definition) is 2. The average molecular weight is 270 g/mol. The number of hydrogen-bond acceptors (Lipinski definition) is 3. The Bertz CT molecular complexity index is 557. The van der Waals surface area contributed by atoms with Gasteiger partial charge in [0.2, 0.25) is 0 Å². The summed E-state index contributed by atoms with van der Waals surface area (Å²) < 4.78 is 0. The van der Waals surface area contributed by atoms with Crippen molar-refractivity contribution in [3.63, 3.8) is 0 Å². The van der Waals surface area contributed by atoms with Gasteiger partial charge in [-0.2, -0.15) is 0 Å². The van der Waals surface area contributed by atoms with Crippen molar-refractivity contribution in [3.8, 4) is 0 Å². The van der Waals surface area contributed by atoms with E-state index < -0.39 is 5.60 Å². The van der Waals surface area contributed by atoms with E-state index in [0.717, 1.165) is 22.5 Å². The van der Waals surface area contributed by atoms with Gasteiger partial charge in [0.15, 0.2) is 0 Å². The predicted octanol–water partition coefficient (Wildman–Crippen LogP) is 3.05. The Morgan fingerprint density at radius 1 is 0.900 bits per heavy atom. The summed E-state index contributed by atoms with van der Waals surface area (Å²) in [7, 11) is 5.89. The van der Waals surface area contributed by atoms with E-state index in [1.165, 1.54) is 0 Å². The molecule has 0 radical (unpaired) electrons. The van der Waals surface area contributed by atoms with E-state index in [9.17, 15) is 5.11 Å². The molecule has 3 nitrogen and oxygen atoms in total. The zero-order valence-corrected chi connectivity index (χ0v) is 12.5. The molecule has 0 aromatic heterocycles. The van der Waals surface area contributed by atoms with Gasteiger partial charge >= 0.3 is 0 Å². The molecule has 0 saturated carbocycles. The van der Waals surface area contributed by atoms with E-state index in [1.807, 2.05) is 81.5 Å². The topological polar surface area (TPSA) is 35.5 Å². The molecule has 0 heterocycles. The molecule has 0 saturated heterocycles. The minimum Gasteiger partial charge on any atom is -0.388 e. The maximum Gasteiger partial charge on any atom is 0.112 e. The van der Waals surface area contributed by atoms with Crippen LogP contribution in [0.15, 0.2) is 48.5 Å². The van der Waals surface area contributed by atoms with Gasteiger partial charge in [-0.15, -0.1) is 0 Å². The van der Waals surface area contributed by atoms with Crippen LogP contribution in [0.4, 0.5) is 11.4 Å². The molecule has 2 rings (SSSR count). The SMILES string of the molecule is CNc1ccc(C(C)(O)c2ccc(N(C)C)cc2)cc1. The second kappa shape index (κ2) is 5.55. The van der Waals surface area contributed by atoms with Gasteiger partial charge in [-0.3, -0.25) is 0 Å². The van der Waals surface area contributed by atoms with Crippen molar-refractivity contribution in [2.45, 2.75) is 12.5 Å².